The molecule has 29 heteroatoms. The van der Waals surface area contributed by atoms with Gasteiger partial charge >= 0.3 is 0 Å². The molecule has 0 aliphatic rings. The summed E-state index contributed by atoms with van der Waals surface area (Å²) in [7, 11) is 3.59. The molecule has 5 heterocycles. The summed E-state index contributed by atoms with van der Waals surface area (Å²) in [5.74, 6) is 8.89. The van der Waals surface area contributed by atoms with Gasteiger partial charge in [0.25, 0.3) is 23.6 Å². The van der Waals surface area contributed by atoms with Gasteiger partial charge in [0.1, 0.15) is 35.5 Å². The second kappa shape index (κ2) is 46.1. The molecule has 0 spiro atoms. The second-order valence-corrected chi connectivity index (χ2v) is 33.1. The van der Waals surface area contributed by atoms with Crippen LogP contribution in [0.3, 0.4) is 0 Å². The largest absolute Gasteiger partial charge is 0.399 e. The quantitative estimate of drug-likeness (QED) is 0.0259. The number of aliphatic hydroxyl groups is 3. The molecule has 15 aromatic rings. The number of nitrogens with zero attached hydrogens (tertiary/aromatic N) is 2. The Hall–Kier alpha value is -11.7. The minimum Gasteiger partial charge on any atom is -0.399 e. The van der Waals surface area contributed by atoms with Gasteiger partial charge in [-0.15, -0.1) is 0 Å². The molecular weight excluding hydrogens is 2000 g/mol. The van der Waals surface area contributed by atoms with Crippen LogP contribution in [0.4, 0.5) is 5.69 Å². The van der Waals surface area contributed by atoms with Crippen molar-refractivity contribution in [1.29, 1.82) is 0 Å². The van der Waals surface area contributed by atoms with E-state index in [0.29, 0.717) is 102 Å². The topological polar surface area (TPSA) is 346 Å². The lowest BCUT2D eigenvalue weighted by Gasteiger charge is -2.11. The van der Waals surface area contributed by atoms with Crippen molar-refractivity contribution in [2.45, 2.75) is 45.9 Å². The van der Waals surface area contributed by atoms with E-state index in [1.807, 2.05) is 123 Å². The molecule has 0 atom stereocenters. The molecule has 630 valence electrons. The Kier molecular flexibility index (Phi) is 35.2. The molecule has 12 N–H and O–H groups in total. The molecule has 4 amide bonds. The number of anilines is 1. The molecule has 0 saturated heterocycles. The Morgan fingerprint density at radius 2 is 0.710 bits per heavy atom. The van der Waals surface area contributed by atoms with Crippen molar-refractivity contribution in [1.82, 2.24) is 45.4 Å². The molecule has 0 bridgehead atoms. The first kappa shape index (κ1) is 94.5. The first-order valence-corrected chi connectivity index (χ1v) is 42.7. The van der Waals surface area contributed by atoms with Crippen LogP contribution in [0.2, 0.25) is 20.1 Å². The van der Waals surface area contributed by atoms with Crippen LogP contribution in [-0.2, 0) is 46.7 Å². The van der Waals surface area contributed by atoms with Crippen molar-refractivity contribution in [2.75, 3.05) is 25.6 Å². The van der Waals surface area contributed by atoms with Crippen LogP contribution in [0, 0.1) is 41.3 Å². The second-order valence-electron chi connectivity index (χ2n) is 27.6. The highest BCUT2D eigenvalue weighted by Crippen LogP contribution is 2.21. The average Bonchev–Trinajstić information content (AvgIpc) is 0.778. The SMILES string of the molecule is Cc1c[nH]c2ccc(I)cc2c1=O.Cn1cc(C(=O)NCc2ccc(Cl)cc2)c(=O)c2cc(C#CCO)ccc21.Cn1cc(C(=O)NCc2ccc(Cl)cc2)c(=O)c2cc(CCCO)ccc21.Nc1ccc(I)cc1.O=C(NCc1ccc(Cl)cc1)c1c[nH]c2ccc(C#CCO)cc2c1=O.O=C(NCc1ccc(Cl)cc1)c1c[nH]c2ccc(I)cc2c1=O. The van der Waals surface area contributed by atoms with Crippen LogP contribution in [-0.4, -0.2) is 82.9 Å². The van der Waals surface area contributed by atoms with Crippen molar-refractivity contribution in [3.63, 3.8) is 0 Å². The molecule has 10 aromatic carbocycles. The maximum atomic E-state index is 12.9. The van der Waals surface area contributed by atoms with E-state index in [-0.39, 0.29) is 75.8 Å². The van der Waals surface area contributed by atoms with Crippen molar-refractivity contribution >= 4 is 198 Å². The number of nitrogen functional groups attached to an aromatic ring is 1. The number of aromatic amines is 3. The zero-order valence-electron chi connectivity index (χ0n) is 66.6. The van der Waals surface area contributed by atoms with E-state index in [0.717, 1.165) is 62.6 Å². The number of fused-ring (bicyclic) bond motifs is 5. The minimum absolute atomic E-state index is 0.0266. The normalized spacial score (nSPS) is 10.5. The number of carbonyl (C=O) groups is 4. The number of hydrogen-bond donors (Lipinski definition) is 11. The number of carbonyl (C=O) groups excluding carboxylic acids is 4. The third-order valence-corrected chi connectivity index (χ3v) is 21.8. The number of rotatable bonds is 15. The van der Waals surface area contributed by atoms with E-state index in [2.05, 4.69) is 128 Å². The molecular formula is C95H79Cl4I3N10O12. The van der Waals surface area contributed by atoms with E-state index in [9.17, 15) is 43.2 Å². The van der Waals surface area contributed by atoms with Crippen molar-refractivity contribution in [3.8, 4) is 23.7 Å². The number of hydrogen-bond acceptors (Lipinski definition) is 13. The van der Waals surface area contributed by atoms with E-state index in [1.165, 1.54) is 22.2 Å². The summed E-state index contributed by atoms with van der Waals surface area (Å²) in [4.78, 5) is 121. The molecule has 22 nitrogen and oxygen atoms in total. The predicted octanol–water partition coefficient (Wildman–Crippen LogP) is 16.0. The summed E-state index contributed by atoms with van der Waals surface area (Å²) in [6, 6.07) is 63.4. The average molecular weight is 2080 g/mol. The fraction of sp³-hybridized carbons (Fsp3) is 0.126. The van der Waals surface area contributed by atoms with Gasteiger partial charge in [-0.3, -0.25) is 43.2 Å². The molecule has 0 aliphatic carbocycles. The lowest BCUT2D eigenvalue weighted by molar-refractivity contribution is 0.0941. The number of amides is 4. The third-order valence-electron chi connectivity index (χ3n) is 18.8. The number of aromatic nitrogens is 5. The van der Waals surface area contributed by atoms with Gasteiger partial charge < -0.3 is 66.4 Å². The number of nitrogens with two attached hydrogens (primary N) is 1. The van der Waals surface area contributed by atoms with Crippen LogP contribution >= 0.6 is 114 Å². The highest BCUT2D eigenvalue weighted by molar-refractivity contribution is 14.1. The summed E-state index contributed by atoms with van der Waals surface area (Å²) in [5, 5.41) is 42.7. The number of H-pyrrole nitrogens is 3. The molecule has 0 fully saturated rings. The van der Waals surface area contributed by atoms with Crippen LogP contribution in [0.15, 0.2) is 267 Å². The van der Waals surface area contributed by atoms with E-state index < -0.39 is 23.6 Å². The third kappa shape index (κ3) is 26.7. The zero-order valence-corrected chi connectivity index (χ0v) is 76.1. The maximum absolute atomic E-state index is 12.9. The van der Waals surface area contributed by atoms with Crippen LogP contribution in [0.25, 0.3) is 54.5 Å². The van der Waals surface area contributed by atoms with Crippen molar-refractivity contribution in [2.24, 2.45) is 14.1 Å². The van der Waals surface area contributed by atoms with Gasteiger partial charge in [-0.25, -0.2) is 0 Å². The molecule has 15 rings (SSSR count). The summed E-state index contributed by atoms with van der Waals surface area (Å²) in [6.45, 7) is 2.62. The van der Waals surface area contributed by atoms with E-state index in [1.54, 1.807) is 132 Å². The first-order chi connectivity index (χ1) is 59.6. The van der Waals surface area contributed by atoms with Crippen LogP contribution in [0.1, 0.15) is 92.4 Å². The first-order valence-electron chi connectivity index (χ1n) is 38.0. The fourth-order valence-electron chi connectivity index (χ4n) is 12.3. The fourth-order valence-corrected chi connectivity index (χ4v) is 14.1. The van der Waals surface area contributed by atoms with Gasteiger partial charge in [-0.05, 0) is 273 Å². The van der Waals surface area contributed by atoms with Crippen LogP contribution < -0.4 is 54.1 Å². The maximum Gasteiger partial charge on any atom is 0.257 e. The predicted molar refractivity (Wildman–Crippen MR) is 520 cm³/mol. The molecule has 0 saturated carbocycles. The van der Waals surface area contributed by atoms with Crippen molar-refractivity contribution in [3.05, 3.63) is 392 Å². The Bertz CT molecular complexity index is 6860. The van der Waals surface area contributed by atoms with Gasteiger partial charge in [0.15, 0.2) is 5.43 Å². The van der Waals surface area contributed by atoms with E-state index >= 15 is 0 Å². The standard InChI is InChI=1S/C21H21ClN2O3.C21H17ClN2O3.C20H15ClN2O3.C17H12ClIN2O2.C10H8INO.C6H6IN/c2*1-24-13-18(21(27)23-12-15-4-7-16(22)8-5-15)20(26)17-11-14(3-2-10-25)6-9-19(17)24;21-15-6-3-14(4-7-15)11-23-20(26)17-12-22-18-8-5-13(2-1-9-24)10-16(18)19(17)25;18-11-3-1-10(2-4-11)8-21-17(23)14-9-20-15-6-5-12(19)7-13(15)16(14)22;1-6-5-12-9-3-2-7(11)4-8(9)10(6)13;7-5-1-3-6(8)4-2-5/h4-9,11,13,25H,2-3,10,12H2,1H3,(H,23,27);4-9,11,13,25H,10,12H2,1H3,(H,23,27);3-8,10,12,24H,9,11H2,(H,22,25)(H,23,26);1-7,9H,8H2,(H,20,22)(H,21,23);2-5H,1H3,(H,12,13);1-4H,8H2. The smallest absolute Gasteiger partial charge is 0.257 e. The molecule has 0 radical (unpaired) electrons. The monoisotopic (exact) mass is 2070 g/mol. The Labute approximate surface area is 772 Å². The Balaban J connectivity index is 0.000000160. The Morgan fingerprint density at radius 3 is 1.10 bits per heavy atom. The summed E-state index contributed by atoms with van der Waals surface area (Å²) in [6.07, 6.45) is 9.01. The summed E-state index contributed by atoms with van der Waals surface area (Å²) < 4.78 is 6.76. The lowest BCUT2D eigenvalue weighted by atomic mass is 10.0. The highest BCUT2D eigenvalue weighted by Gasteiger charge is 2.20. The number of aliphatic hydroxyl groups excluding tert-OH is 3. The molecule has 5 aromatic heterocycles. The number of aryl methyl sites for hydroxylation is 4. The number of nitrogens with one attached hydrogen (secondary N) is 7. The van der Waals surface area contributed by atoms with Gasteiger partial charge in [-0.1, -0.05) is 125 Å². The van der Waals surface area contributed by atoms with Crippen LogP contribution in [0.5, 0.6) is 0 Å². The van der Waals surface area contributed by atoms with Crippen molar-refractivity contribution < 1.29 is 34.5 Å². The van der Waals surface area contributed by atoms with Gasteiger partial charge in [0, 0.05) is 175 Å². The van der Waals surface area contributed by atoms with Gasteiger partial charge in [0.05, 0.1) is 11.0 Å². The Morgan fingerprint density at radius 1 is 0.387 bits per heavy atom. The number of benzene rings is 10. The van der Waals surface area contributed by atoms with Gasteiger partial charge in [-0.2, -0.15) is 0 Å². The summed E-state index contributed by atoms with van der Waals surface area (Å²) in [5.41, 5.74) is 15.6. The molecule has 124 heavy (non-hydrogen) atoms. The zero-order chi connectivity index (χ0) is 89.1. The number of halogens is 7. The van der Waals surface area contributed by atoms with E-state index in [4.69, 9.17) is 67.5 Å². The summed E-state index contributed by atoms with van der Waals surface area (Å²) >= 11 is 30.0. The molecule has 0 aliphatic heterocycles. The number of pyridine rings is 5. The van der Waals surface area contributed by atoms with Gasteiger partial charge in [0.2, 0.25) is 21.7 Å². The minimum atomic E-state index is -0.463. The lowest BCUT2D eigenvalue weighted by Crippen LogP contribution is -2.29. The highest BCUT2D eigenvalue weighted by atomic mass is 127. The molecule has 0 unspecified atom stereocenters.